The molecule has 0 fully saturated rings. The lowest BCUT2D eigenvalue weighted by Crippen LogP contribution is -2.29. The highest BCUT2D eigenvalue weighted by Gasteiger charge is 2.43. The number of aromatic amines is 1. The van der Waals surface area contributed by atoms with Crippen molar-refractivity contribution in [3.63, 3.8) is 0 Å². The van der Waals surface area contributed by atoms with Crippen LogP contribution in [0.2, 0.25) is 0 Å². The molecule has 4 aromatic rings. The second-order valence-corrected chi connectivity index (χ2v) is 7.71. The second kappa shape index (κ2) is 7.53. The average Bonchev–Trinajstić information content (AvgIpc) is 3.35. The monoisotopic (exact) mass is 429 g/mol. The van der Waals surface area contributed by atoms with Crippen molar-refractivity contribution in [1.29, 1.82) is 0 Å². The number of benzene rings is 3. The number of aryl methyl sites for hydroxylation is 1. The highest BCUT2D eigenvalue weighted by Crippen LogP contribution is 2.46. The summed E-state index contributed by atoms with van der Waals surface area (Å²) in [6.07, 6.45) is 0. The number of hydrogen-bond donors (Lipinski definition) is 2. The standard InChI is InChI=1S/C25H20FN3O3/c1-14-3-5-15(6-4-14)22-21-23(28-27-22)25(31)29(18-10-8-17(26)9-11-18)24(21)16-7-12-19(30)20(13-16)32-2/h3-13,24,30H,1-2H3,(H,27,28)/t24-/m0/s1. The number of carbonyl (C=O) groups is 1. The number of ether oxygens (including phenoxy) is 1. The third kappa shape index (κ3) is 3.10. The van der Waals surface area contributed by atoms with Crippen molar-refractivity contribution >= 4 is 11.6 Å². The molecule has 1 aliphatic heterocycles. The lowest BCUT2D eigenvalue weighted by atomic mass is 9.95. The number of halogens is 1. The third-order valence-corrected chi connectivity index (χ3v) is 5.72. The Morgan fingerprint density at radius 3 is 2.47 bits per heavy atom. The average molecular weight is 429 g/mol. The predicted octanol–water partition coefficient (Wildman–Crippen LogP) is 4.99. The zero-order chi connectivity index (χ0) is 22.4. The van der Waals surface area contributed by atoms with Gasteiger partial charge in [-0.1, -0.05) is 35.9 Å². The minimum absolute atomic E-state index is 0.0000748. The van der Waals surface area contributed by atoms with Gasteiger partial charge >= 0.3 is 0 Å². The van der Waals surface area contributed by atoms with E-state index < -0.39 is 6.04 Å². The maximum absolute atomic E-state index is 13.6. The maximum atomic E-state index is 13.6. The number of carbonyl (C=O) groups excluding carboxylic acids is 1. The first-order valence-electron chi connectivity index (χ1n) is 10.1. The Hall–Kier alpha value is -4.13. The van der Waals surface area contributed by atoms with E-state index in [1.54, 1.807) is 29.2 Å². The molecule has 0 saturated carbocycles. The molecule has 2 N–H and O–H groups in total. The first-order valence-corrected chi connectivity index (χ1v) is 10.1. The number of phenolic OH excluding ortho intramolecular Hbond substituents is 1. The van der Waals surface area contributed by atoms with Crippen LogP contribution in [0.15, 0.2) is 66.7 Å². The summed E-state index contributed by atoms with van der Waals surface area (Å²) in [4.78, 5) is 15.1. The van der Waals surface area contributed by atoms with Crippen LogP contribution < -0.4 is 9.64 Å². The van der Waals surface area contributed by atoms with Crippen molar-refractivity contribution in [2.24, 2.45) is 0 Å². The number of aromatic hydroxyl groups is 1. The maximum Gasteiger partial charge on any atom is 0.277 e. The van der Waals surface area contributed by atoms with E-state index in [-0.39, 0.29) is 17.5 Å². The van der Waals surface area contributed by atoms with Gasteiger partial charge in [0.25, 0.3) is 5.91 Å². The van der Waals surface area contributed by atoms with Gasteiger partial charge < -0.3 is 9.84 Å². The Morgan fingerprint density at radius 2 is 1.78 bits per heavy atom. The minimum atomic E-state index is -0.549. The molecule has 7 heteroatoms. The van der Waals surface area contributed by atoms with Crippen molar-refractivity contribution in [2.45, 2.75) is 13.0 Å². The topological polar surface area (TPSA) is 78.5 Å². The number of amides is 1. The van der Waals surface area contributed by atoms with Gasteiger partial charge in [0.2, 0.25) is 0 Å². The molecule has 0 aliphatic carbocycles. The minimum Gasteiger partial charge on any atom is -0.504 e. The molecule has 0 bridgehead atoms. The molecule has 2 heterocycles. The van der Waals surface area contributed by atoms with Crippen molar-refractivity contribution in [2.75, 3.05) is 12.0 Å². The molecule has 32 heavy (non-hydrogen) atoms. The summed E-state index contributed by atoms with van der Waals surface area (Å²) in [6, 6.07) is 18.1. The normalized spacial score (nSPS) is 15.2. The lowest BCUT2D eigenvalue weighted by Gasteiger charge is -2.27. The highest BCUT2D eigenvalue weighted by atomic mass is 19.1. The van der Waals surface area contributed by atoms with E-state index >= 15 is 0 Å². The van der Waals surface area contributed by atoms with E-state index in [0.29, 0.717) is 22.8 Å². The van der Waals surface area contributed by atoms with Crippen LogP contribution in [-0.2, 0) is 0 Å². The van der Waals surface area contributed by atoms with Gasteiger partial charge in [0, 0.05) is 16.8 Å². The molecular formula is C25H20FN3O3. The number of anilines is 1. The van der Waals surface area contributed by atoms with Crippen LogP contribution in [0, 0.1) is 12.7 Å². The van der Waals surface area contributed by atoms with E-state index in [2.05, 4.69) is 10.2 Å². The lowest BCUT2D eigenvalue weighted by molar-refractivity contribution is 0.0988. The predicted molar refractivity (Wildman–Crippen MR) is 118 cm³/mol. The summed E-state index contributed by atoms with van der Waals surface area (Å²) in [5.41, 5.74) is 5.02. The van der Waals surface area contributed by atoms with Crippen molar-refractivity contribution in [3.8, 4) is 22.8 Å². The van der Waals surface area contributed by atoms with Gasteiger partial charge in [0.1, 0.15) is 11.5 Å². The smallest absolute Gasteiger partial charge is 0.277 e. The van der Waals surface area contributed by atoms with E-state index in [0.717, 1.165) is 22.3 Å². The summed E-state index contributed by atoms with van der Waals surface area (Å²) in [6.45, 7) is 2.00. The molecule has 1 aromatic heterocycles. The molecule has 1 aliphatic rings. The van der Waals surface area contributed by atoms with Gasteiger partial charge in [-0.05, 0) is 48.9 Å². The number of methoxy groups -OCH3 is 1. The van der Waals surface area contributed by atoms with Gasteiger partial charge in [-0.2, -0.15) is 5.10 Å². The molecule has 6 nitrogen and oxygen atoms in total. The van der Waals surface area contributed by atoms with Crippen LogP contribution in [0.1, 0.15) is 33.2 Å². The van der Waals surface area contributed by atoms with Gasteiger partial charge in [-0.15, -0.1) is 0 Å². The number of nitrogens with one attached hydrogen (secondary N) is 1. The zero-order valence-corrected chi connectivity index (χ0v) is 17.5. The Balaban J connectivity index is 1.73. The van der Waals surface area contributed by atoms with Crippen LogP contribution >= 0.6 is 0 Å². The van der Waals surface area contributed by atoms with Crippen molar-refractivity contribution < 1.29 is 19.0 Å². The first kappa shape index (κ1) is 19.8. The van der Waals surface area contributed by atoms with Crippen LogP contribution in [-0.4, -0.2) is 28.3 Å². The SMILES string of the molecule is COc1cc([C@H]2c3c(-c4ccc(C)cc4)n[nH]c3C(=O)N2c2ccc(F)cc2)ccc1O. The van der Waals surface area contributed by atoms with Crippen LogP contribution in [0.25, 0.3) is 11.3 Å². The number of H-pyrrole nitrogens is 1. The number of rotatable bonds is 4. The molecule has 0 saturated heterocycles. The Labute approximate surface area is 183 Å². The van der Waals surface area contributed by atoms with Crippen LogP contribution in [0.4, 0.5) is 10.1 Å². The fraction of sp³-hybridized carbons (Fsp3) is 0.120. The molecule has 3 aromatic carbocycles. The number of fused-ring (bicyclic) bond motifs is 1. The Kier molecular flexibility index (Phi) is 4.66. The number of phenols is 1. The molecule has 5 rings (SSSR count). The summed E-state index contributed by atoms with van der Waals surface area (Å²) >= 11 is 0. The van der Waals surface area contributed by atoms with Crippen LogP contribution in [0.3, 0.4) is 0 Å². The zero-order valence-electron chi connectivity index (χ0n) is 17.5. The van der Waals surface area contributed by atoms with Gasteiger partial charge in [-0.25, -0.2) is 4.39 Å². The summed E-state index contributed by atoms with van der Waals surface area (Å²) in [5.74, 6) is -0.360. The molecular weight excluding hydrogens is 409 g/mol. The summed E-state index contributed by atoms with van der Waals surface area (Å²) < 4.78 is 18.9. The number of aromatic nitrogens is 2. The van der Waals surface area contributed by atoms with Gasteiger partial charge in [-0.3, -0.25) is 14.8 Å². The molecule has 0 unspecified atom stereocenters. The van der Waals surface area contributed by atoms with Crippen LogP contribution in [0.5, 0.6) is 11.5 Å². The van der Waals surface area contributed by atoms with E-state index in [1.807, 2.05) is 31.2 Å². The van der Waals surface area contributed by atoms with E-state index in [4.69, 9.17) is 4.74 Å². The molecule has 160 valence electrons. The molecule has 0 spiro atoms. The number of hydrogen-bond acceptors (Lipinski definition) is 4. The third-order valence-electron chi connectivity index (χ3n) is 5.72. The fourth-order valence-corrected chi connectivity index (χ4v) is 4.13. The van der Waals surface area contributed by atoms with Crippen molar-refractivity contribution in [1.82, 2.24) is 10.2 Å². The largest absolute Gasteiger partial charge is 0.504 e. The van der Waals surface area contributed by atoms with Gasteiger partial charge in [0.05, 0.1) is 18.8 Å². The Morgan fingerprint density at radius 1 is 1.06 bits per heavy atom. The molecule has 0 radical (unpaired) electrons. The summed E-state index contributed by atoms with van der Waals surface area (Å²) in [5, 5.41) is 17.4. The highest BCUT2D eigenvalue weighted by molar-refractivity contribution is 6.11. The second-order valence-electron chi connectivity index (χ2n) is 7.71. The quantitative estimate of drug-likeness (QED) is 0.479. The molecule has 1 amide bonds. The van der Waals surface area contributed by atoms with E-state index in [9.17, 15) is 14.3 Å². The van der Waals surface area contributed by atoms with Gasteiger partial charge in [0.15, 0.2) is 11.5 Å². The summed E-state index contributed by atoms with van der Waals surface area (Å²) in [7, 11) is 1.47. The Bertz CT molecular complexity index is 1310. The number of nitrogens with zero attached hydrogens (tertiary/aromatic N) is 2. The first-order chi connectivity index (χ1) is 15.5. The fourth-order valence-electron chi connectivity index (χ4n) is 4.13. The van der Waals surface area contributed by atoms with E-state index in [1.165, 1.54) is 25.3 Å². The van der Waals surface area contributed by atoms with Crippen molar-refractivity contribution in [3.05, 3.63) is 94.9 Å². The molecule has 1 atom stereocenters.